The summed E-state index contributed by atoms with van der Waals surface area (Å²) < 4.78 is 24.4. The third-order valence-corrected chi connectivity index (χ3v) is 6.62. The molecule has 1 aromatic heterocycles. The number of aryl methyl sites for hydroxylation is 1. The maximum atomic E-state index is 12.3. The molecule has 1 amide bonds. The summed E-state index contributed by atoms with van der Waals surface area (Å²) in [6.07, 6.45) is 6.05. The molecule has 144 valence electrons. The molecule has 2 saturated heterocycles. The van der Waals surface area contributed by atoms with E-state index in [0.717, 1.165) is 38.9 Å². The Hall–Kier alpha value is -1.70. The topological polar surface area (TPSA) is 83.5 Å². The molecular weight excluding hydrogens is 352 g/mol. The van der Waals surface area contributed by atoms with Crippen molar-refractivity contribution in [2.75, 3.05) is 30.8 Å². The molecule has 0 bridgehead atoms. The fourth-order valence-corrected chi connectivity index (χ4v) is 4.92. The van der Waals surface area contributed by atoms with Gasteiger partial charge in [0.05, 0.1) is 6.20 Å². The molecule has 2 fully saturated rings. The average Bonchev–Trinajstić information content (AvgIpc) is 2.56. The highest BCUT2D eigenvalue weighted by molar-refractivity contribution is 7.90. The lowest BCUT2D eigenvalue weighted by molar-refractivity contribution is -0.140. The predicted molar refractivity (Wildman–Crippen MR) is 99.8 cm³/mol. The van der Waals surface area contributed by atoms with Crippen molar-refractivity contribution >= 4 is 21.6 Å². The first-order chi connectivity index (χ1) is 12.1. The third-order valence-electron chi connectivity index (χ3n) is 5.54. The summed E-state index contributed by atoms with van der Waals surface area (Å²) in [6.45, 7) is 8.10. The lowest BCUT2D eigenvalue weighted by Gasteiger charge is -2.49. The monoisotopic (exact) mass is 380 g/mol. The van der Waals surface area contributed by atoms with Crippen molar-refractivity contribution < 1.29 is 13.2 Å². The molecule has 0 N–H and O–H groups in total. The Morgan fingerprint density at radius 1 is 1.23 bits per heavy atom. The zero-order chi connectivity index (χ0) is 19.1. The second kappa shape index (κ2) is 6.79. The lowest BCUT2D eigenvalue weighted by Crippen LogP contribution is -2.56. The van der Waals surface area contributed by atoms with Gasteiger partial charge in [-0.25, -0.2) is 18.4 Å². The quantitative estimate of drug-likeness (QED) is 0.795. The Morgan fingerprint density at radius 3 is 2.62 bits per heavy atom. The molecule has 3 heterocycles. The first kappa shape index (κ1) is 19.1. The summed E-state index contributed by atoms with van der Waals surface area (Å²) >= 11 is 0. The van der Waals surface area contributed by atoms with Crippen LogP contribution < -0.4 is 4.90 Å². The van der Waals surface area contributed by atoms with Crippen LogP contribution in [0, 0.1) is 12.3 Å². The van der Waals surface area contributed by atoms with Crippen LogP contribution in [0.2, 0.25) is 0 Å². The van der Waals surface area contributed by atoms with Gasteiger partial charge in [-0.05, 0) is 40.0 Å². The molecule has 3 rings (SSSR count). The van der Waals surface area contributed by atoms with Gasteiger partial charge in [0.25, 0.3) is 0 Å². The van der Waals surface area contributed by atoms with E-state index in [1.54, 1.807) is 6.92 Å². The second-order valence-corrected chi connectivity index (χ2v) is 10.0. The van der Waals surface area contributed by atoms with Crippen LogP contribution in [-0.4, -0.2) is 61.1 Å². The van der Waals surface area contributed by atoms with Crippen molar-refractivity contribution in [2.45, 2.75) is 57.4 Å². The maximum absolute atomic E-state index is 12.3. The molecule has 1 spiro atoms. The van der Waals surface area contributed by atoms with E-state index in [0.29, 0.717) is 18.1 Å². The Balaban J connectivity index is 1.92. The van der Waals surface area contributed by atoms with Crippen LogP contribution >= 0.6 is 0 Å². The molecule has 0 radical (unpaired) electrons. The van der Waals surface area contributed by atoms with Crippen LogP contribution in [0.1, 0.15) is 45.4 Å². The Bertz CT molecular complexity index is 809. The van der Waals surface area contributed by atoms with Crippen molar-refractivity contribution in [2.24, 2.45) is 5.41 Å². The van der Waals surface area contributed by atoms with E-state index in [2.05, 4.69) is 14.9 Å². The molecule has 1 atom stereocenters. The van der Waals surface area contributed by atoms with Crippen LogP contribution in [0.25, 0.3) is 0 Å². The molecule has 2 aliphatic rings. The Kier molecular flexibility index (Phi) is 4.98. The number of rotatable bonds is 3. The molecule has 2 aliphatic heterocycles. The Labute approximate surface area is 155 Å². The van der Waals surface area contributed by atoms with Crippen LogP contribution in [0.15, 0.2) is 11.1 Å². The van der Waals surface area contributed by atoms with E-state index in [1.165, 1.54) is 12.5 Å². The number of nitrogens with zero attached hydrogens (tertiary/aromatic N) is 4. The van der Waals surface area contributed by atoms with E-state index < -0.39 is 9.84 Å². The van der Waals surface area contributed by atoms with Crippen LogP contribution in [0.5, 0.6) is 0 Å². The highest BCUT2D eigenvalue weighted by Gasteiger charge is 2.43. The largest absolute Gasteiger partial charge is 0.355 e. The number of aromatic nitrogens is 2. The van der Waals surface area contributed by atoms with Gasteiger partial charge < -0.3 is 9.80 Å². The molecule has 0 saturated carbocycles. The highest BCUT2D eigenvalue weighted by Crippen LogP contribution is 2.41. The van der Waals surface area contributed by atoms with Gasteiger partial charge in [-0.1, -0.05) is 0 Å². The molecule has 8 heteroatoms. The first-order valence-corrected chi connectivity index (χ1v) is 11.1. The van der Waals surface area contributed by atoms with Crippen molar-refractivity contribution in [1.29, 1.82) is 0 Å². The number of sulfone groups is 1. The lowest BCUT2D eigenvalue weighted by atomic mass is 9.73. The number of likely N-dealkylation sites (tertiary alicyclic amines) is 1. The zero-order valence-corrected chi connectivity index (χ0v) is 16.8. The van der Waals surface area contributed by atoms with E-state index in [1.807, 2.05) is 18.7 Å². The van der Waals surface area contributed by atoms with Gasteiger partial charge in [0.1, 0.15) is 10.7 Å². The van der Waals surface area contributed by atoms with Gasteiger partial charge in [0.2, 0.25) is 5.91 Å². The van der Waals surface area contributed by atoms with Crippen LogP contribution in [0.3, 0.4) is 0 Å². The number of carbonyl (C=O) groups excluding carboxylic acids is 1. The number of carbonyl (C=O) groups is 1. The van der Waals surface area contributed by atoms with E-state index in [-0.39, 0.29) is 22.3 Å². The maximum Gasteiger partial charge on any atom is 0.222 e. The van der Waals surface area contributed by atoms with E-state index >= 15 is 0 Å². The first-order valence-electron chi connectivity index (χ1n) is 9.19. The summed E-state index contributed by atoms with van der Waals surface area (Å²) in [7, 11) is -3.41. The normalized spacial score (nSPS) is 24.6. The van der Waals surface area contributed by atoms with Gasteiger partial charge in [-0.2, -0.15) is 0 Å². The summed E-state index contributed by atoms with van der Waals surface area (Å²) in [4.78, 5) is 25.0. The number of hydrogen-bond acceptors (Lipinski definition) is 6. The predicted octanol–water partition coefficient (Wildman–Crippen LogP) is 1.81. The summed E-state index contributed by atoms with van der Waals surface area (Å²) in [5.74, 6) is 1.29. The van der Waals surface area contributed by atoms with Crippen LogP contribution in [0.4, 0.5) is 5.82 Å². The van der Waals surface area contributed by atoms with E-state index in [9.17, 15) is 13.2 Å². The smallest absolute Gasteiger partial charge is 0.222 e. The van der Waals surface area contributed by atoms with Gasteiger partial charge >= 0.3 is 0 Å². The van der Waals surface area contributed by atoms with Gasteiger partial charge in [0, 0.05) is 43.8 Å². The molecule has 7 nitrogen and oxygen atoms in total. The number of anilines is 1. The van der Waals surface area contributed by atoms with Crippen molar-refractivity contribution in [3.63, 3.8) is 0 Å². The Morgan fingerprint density at radius 2 is 1.96 bits per heavy atom. The van der Waals surface area contributed by atoms with E-state index in [4.69, 9.17) is 0 Å². The fraction of sp³-hybridized carbons (Fsp3) is 0.722. The minimum atomic E-state index is -3.41. The van der Waals surface area contributed by atoms with Crippen molar-refractivity contribution in [1.82, 2.24) is 14.9 Å². The van der Waals surface area contributed by atoms with Crippen molar-refractivity contribution in [3.05, 3.63) is 12.0 Å². The van der Waals surface area contributed by atoms with Gasteiger partial charge in [0.15, 0.2) is 15.7 Å². The van der Waals surface area contributed by atoms with Gasteiger partial charge in [-0.3, -0.25) is 4.79 Å². The van der Waals surface area contributed by atoms with Crippen molar-refractivity contribution in [3.8, 4) is 0 Å². The molecule has 1 aromatic rings. The summed E-state index contributed by atoms with van der Waals surface area (Å²) in [6, 6.07) is 0.183. The number of amides is 1. The molecule has 26 heavy (non-hydrogen) atoms. The third kappa shape index (κ3) is 3.70. The second-order valence-electron chi connectivity index (χ2n) is 8.02. The average molecular weight is 381 g/mol. The summed E-state index contributed by atoms with van der Waals surface area (Å²) in [5.41, 5.74) is 0.00403. The number of hydrogen-bond donors (Lipinski definition) is 0. The van der Waals surface area contributed by atoms with Gasteiger partial charge in [-0.15, -0.1) is 0 Å². The standard InChI is InChI=1S/C18H28N4O3S/c1-13(2)22-12-18(8-6-16(22)23)7-5-9-21(11-18)17-15(26(4,24)25)10-19-14(3)20-17/h10,13H,5-9,11-12H2,1-4H3/t18-/m0/s1. The summed E-state index contributed by atoms with van der Waals surface area (Å²) in [5, 5.41) is 0. The highest BCUT2D eigenvalue weighted by atomic mass is 32.2. The molecule has 0 unspecified atom stereocenters. The fourth-order valence-electron chi connectivity index (χ4n) is 4.17. The van der Waals surface area contributed by atoms with Crippen LogP contribution in [-0.2, 0) is 14.6 Å². The zero-order valence-electron chi connectivity index (χ0n) is 16.0. The SMILES string of the molecule is Cc1ncc(S(C)(=O)=O)c(N2CCC[C@]3(CCC(=O)N(C(C)C)C3)C2)n1. The minimum Gasteiger partial charge on any atom is -0.355 e. The molecular formula is C18H28N4O3S. The minimum absolute atomic E-state index is 0.00403. The number of piperidine rings is 2. The molecule has 0 aliphatic carbocycles. The molecule has 0 aromatic carbocycles.